The molecule has 2 aromatic rings. The van der Waals surface area contributed by atoms with Crippen LogP contribution in [0, 0.1) is 3.57 Å². The molecule has 43 heavy (non-hydrogen) atoms. The van der Waals surface area contributed by atoms with E-state index in [-0.39, 0.29) is 49.9 Å². The molecule has 0 saturated carbocycles. The lowest BCUT2D eigenvalue weighted by Crippen LogP contribution is -2.55. The minimum atomic E-state index is -1.21. The maximum Gasteiger partial charge on any atom is 0.247 e. The van der Waals surface area contributed by atoms with Crippen LogP contribution in [0.1, 0.15) is 42.1 Å². The second-order valence-electron chi connectivity index (χ2n) is 9.93. The van der Waals surface area contributed by atoms with Gasteiger partial charge in [0, 0.05) is 37.1 Å². The Morgan fingerprint density at radius 3 is 2.49 bits per heavy atom. The Kier molecular flexibility index (Phi) is 13.1. The van der Waals surface area contributed by atoms with Gasteiger partial charge < -0.3 is 39.4 Å². The molecule has 1 aliphatic rings. The van der Waals surface area contributed by atoms with Gasteiger partial charge in [0.05, 0.1) is 37.5 Å². The number of hydrogen-bond acceptors (Lipinski definition) is 9. The third kappa shape index (κ3) is 8.61. The van der Waals surface area contributed by atoms with E-state index < -0.39 is 24.2 Å². The zero-order chi connectivity index (χ0) is 31.5. The van der Waals surface area contributed by atoms with Crippen molar-refractivity contribution in [3.05, 3.63) is 56.7 Å². The molecule has 0 spiro atoms. The van der Waals surface area contributed by atoms with Crippen molar-refractivity contribution in [2.75, 3.05) is 41.0 Å². The summed E-state index contributed by atoms with van der Waals surface area (Å²) >= 11 is 2.01. The number of hydrogen-bond donors (Lipinski definition) is 3. The molecule has 3 unspecified atom stereocenters. The summed E-state index contributed by atoms with van der Waals surface area (Å²) in [5.41, 5.74) is 1.51. The highest BCUT2D eigenvalue weighted by molar-refractivity contribution is 14.1. The van der Waals surface area contributed by atoms with Gasteiger partial charge in [-0.15, -0.1) is 0 Å². The summed E-state index contributed by atoms with van der Waals surface area (Å²) in [4.78, 5) is 39.6. The van der Waals surface area contributed by atoms with E-state index in [1.54, 1.807) is 37.3 Å². The predicted octanol–water partition coefficient (Wildman–Crippen LogP) is 2.92. The summed E-state index contributed by atoms with van der Waals surface area (Å²) < 4.78 is 23.2. The van der Waals surface area contributed by atoms with E-state index in [0.29, 0.717) is 45.3 Å². The van der Waals surface area contributed by atoms with Crippen molar-refractivity contribution in [3.8, 4) is 23.0 Å². The number of aliphatic hydroxyl groups is 2. The number of nitrogens with one attached hydrogen (secondary N) is 1. The van der Waals surface area contributed by atoms with Crippen molar-refractivity contribution in [2.45, 2.75) is 50.9 Å². The molecule has 234 valence electrons. The third-order valence-electron chi connectivity index (χ3n) is 7.15. The van der Waals surface area contributed by atoms with E-state index in [1.165, 1.54) is 19.3 Å². The van der Waals surface area contributed by atoms with Crippen LogP contribution in [-0.2, 0) is 16.0 Å². The topological polar surface area (TPSA) is 144 Å². The third-order valence-corrected chi connectivity index (χ3v) is 7.95. The van der Waals surface area contributed by atoms with Gasteiger partial charge in [-0.2, -0.15) is 0 Å². The van der Waals surface area contributed by atoms with Gasteiger partial charge in [0.1, 0.15) is 30.0 Å². The standard InChI is InChI=1S/C31H39IN2O9/c1-5-6-28(37)34(11-9-20-15-22(40-2)7-8-25(20)41-3)24-16-21(31(39)33-10-12-35)17-26(29(24)38)43-30-23(32)13-19(18-36)14-27(30)42-4/h7-8,13-15,17-18,24,26,29,35,38H,5-6,9-12,16H2,1-4H3,(H,33,39). The van der Waals surface area contributed by atoms with Crippen molar-refractivity contribution in [1.29, 1.82) is 0 Å². The largest absolute Gasteiger partial charge is 0.497 e. The molecule has 2 amide bonds. The van der Waals surface area contributed by atoms with Gasteiger partial charge in [0.2, 0.25) is 11.8 Å². The first-order valence-corrected chi connectivity index (χ1v) is 15.1. The van der Waals surface area contributed by atoms with Crippen LogP contribution in [0.15, 0.2) is 42.0 Å². The number of amides is 2. The number of methoxy groups -OCH3 is 3. The number of benzene rings is 2. The van der Waals surface area contributed by atoms with Gasteiger partial charge in [-0.3, -0.25) is 14.4 Å². The average Bonchev–Trinajstić information content (AvgIpc) is 3.01. The SMILES string of the molecule is CCCC(=O)N(CCc1cc(OC)ccc1OC)C1CC(C(=O)NCCO)=CC(Oc2c(I)cc(C=O)cc2OC)C1O. The molecule has 12 heteroatoms. The van der Waals surface area contributed by atoms with Crippen LogP contribution in [-0.4, -0.2) is 92.5 Å². The van der Waals surface area contributed by atoms with Crippen LogP contribution >= 0.6 is 22.6 Å². The van der Waals surface area contributed by atoms with Crippen molar-refractivity contribution in [2.24, 2.45) is 0 Å². The van der Waals surface area contributed by atoms with E-state index in [1.807, 2.05) is 35.6 Å². The molecule has 3 rings (SSSR count). The van der Waals surface area contributed by atoms with Gasteiger partial charge in [-0.25, -0.2) is 0 Å². The molecule has 2 aromatic carbocycles. The maximum atomic E-state index is 13.5. The highest BCUT2D eigenvalue weighted by atomic mass is 127. The maximum absolute atomic E-state index is 13.5. The van der Waals surface area contributed by atoms with Crippen molar-refractivity contribution < 1.29 is 43.5 Å². The van der Waals surface area contributed by atoms with Crippen LogP contribution in [0.4, 0.5) is 0 Å². The van der Waals surface area contributed by atoms with Gasteiger partial charge in [-0.05, 0) is 77.4 Å². The summed E-state index contributed by atoms with van der Waals surface area (Å²) in [7, 11) is 4.58. The zero-order valence-corrected chi connectivity index (χ0v) is 27.0. The van der Waals surface area contributed by atoms with E-state index in [2.05, 4.69) is 5.32 Å². The quantitative estimate of drug-likeness (QED) is 0.188. The molecular formula is C31H39IN2O9. The summed E-state index contributed by atoms with van der Waals surface area (Å²) in [6, 6.07) is 7.76. The Morgan fingerprint density at radius 1 is 1.12 bits per heavy atom. The Hall–Kier alpha value is -3.36. The van der Waals surface area contributed by atoms with Gasteiger partial charge in [-0.1, -0.05) is 6.92 Å². The number of aldehydes is 1. The average molecular weight is 711 g/mol. The number of carbonyl (C=O) groups is 3. The molecule has 0 fully saturated rings. The van der Waals surface area contributed by atoms with Crippen molar-refractivity contribution >= 4 is 40.7 Å². The summed E-state index contributed by atoms with van der Waals surface area (Å²) in [6.07, 6.45) is 1.29. The second kappa shape index (κ2) is 16.5. The van der Waals surface area contributed by atoms with Crippen molar-refractivity contribution in [1.82, 2.24) is 10.2 Å². The number of rotatable bonds is 15. The van der Waals surface area contributed by atoms with E-state index in [9.17, 15) is 24.6 Å². The fraction of sp³-hybridized carbons (Fsp3) is 0.452. The normalized spacial score (nSPS) is 17.8. The monoisotopic (exact) mass is 710 g/mol. The lowest BCUT2D eigenvalue weighted by atomic mass is 9.87. The zero-order valence-electron chi connectivity index (χ0n) is 24.8. The molecular weight excluding hydrogens is 671 g/mol. The Balaban J connectivity index is 2.02. The number of ether oxygens (including phenoxy) is 4. The first-order valence-electron chi connectivity index (χ1n) is 14.0. The second-order valence-corrected chi connectivity index (χ2v) is 11.1. The minimum absolute atomic E-state index is 0.0436. The highest BCUT2D eigenvalue weighted by Gasteiger charge is 2.40. The molecule has 0 saturated heterocycles. The minimum Gasteiger partial charge on any atom is -0.497 e. The van der Waals surface area contributed by atoms with E-state index >= 15 is 0 Å². The number of nitrogens with zero attached hydrogens (tertiary/aromatic N) is 1. The Bertz CT molecular complexity index is 1320. The van der Waals surface area contributed by atoms with Crippen LogP contribution in [0.5, 0.6) is 23.0 Å². The summed E-state index contributed by atoms with van der Waals surface area (Å²) in [5.74, 6) is 1.24. The first-order chi connectivity index (χ1) is 20.7. The lowest BCUT2D eigenvalue weighted by molar-refractivity contribution is -0.138. The molecule has 0 aromatic heterocycles. The van der Waals surface area contributed by atoms with Crippen LogP contribution in [0.2, 0.25) is 0 Å². The molecule has 0 bridgehead atoms. The molecule has 0 radical (unpaired) electrons. The van der Waals surface area contributed by atoms with Crippen molar-refractivity contribution in [3.63, 3.8) is 0 Å². The molecule has 3 N–H and O–H groups in total. The highest BCUT2D eigenvalue weighted by Crippen LogP contribution is 2.37. The van der Waals surface area contributed by atoms with Gasteiger partial charge in [0.25, 0.3) is 0 Å². The molecule has 11 nitrogen and oxygen atoms in total. The van der Waals surface area contributed by atoms with E-state index in [0.717, 1.165) is 5.56 Å². The Morgan fingerprint density at radius 2 is 1.86 bits per heavy atom. The fourth-order valence-electron chi connectivity index (χ4n) is 4.99. The van der Waals surface area contributed by atoms with E-state index in [4.69, 9.17) is 18.9 Å². The number of carbonyl (C=O) groups excluding carboxylic acids is 3. The smallest absolute Gasteiger partial charge is 0.247 e. The lowest BCUT2D eigenvalue weighted by Gasteiger charge is -2.41. The number of halogens is 1. The Labute approximate surface area is 265 Å². The van der Waals surface area contributed by atoms with Gasteiger partial charge in [0.15, 0.2) is 11.5 Å². The number of aliphatic hydroxyl groups excluding tert-OH is 2. The molecule has 0 heterocycles. The molecule has 1 aliphatic carbocycles. The summed E-state index contributed by atoms with van der Waals surface area (Å²) in [5, 5.41) is 23.6. The van der Waals surface area contributed by atoms with Crippen LogP contribution in [0.25, 0.3) is 0 Å². The first kappa shape index (κ1) is 34.1. The van der Waals surface area contributed by atoms with Gasteiger partial charge >= 0.3 is 0 Å². The molecule has 3 atom stereocenters. The fourth-order valence-corrected chi connectivity index (χ4v) is 5.74. The van der Waals surface area contributed by atoms with Crippen LogP contribution in [0.3, 0.4) is 0 Å². The predicted molar refractivity (Wildman–Crippen MR) is 168 cm³/mol. The van der Waals surface area contributed by atoms with Crippen LogP contribution < -0.4 is 24.3 Å². The summed E-state index contributed by atoms with van der Waals surface area (Å²) in [6.45, 7) is 1.93. The molecule has 0 aliphatic heterocycles.